The van der Waals surface area contributed by atoms with Gasteiger partial charge in [0.1, 0.15) is 16.6 Å². The Morgan fingerprint density at radius 3 is 2.50 bits per heavy atom. The van der Waals surface area contributed by atoms with E-state index in [1.54, 1.807) is 17.5 Å². The SMILES string of the molecule is N#C/C(=C/Nc1ccc(Cl)c(C(F)(F)F)c1)c1nc(-c2ccc(Cl)cc2)cs1. The van der Waals surface area contributed by atoms with Gasteiger partial charge in [0.2, 0.25) is 0 Å². The van der Waals surface area contributed by atoms with Crippen molar-refractivity contribution in [3.63, 3.8) is 0 Å². The zero-order valence-electron chi connectivity index (χ0n) is 13.9. The van der Waals surface area contributed by atoms with Crippen molar-refractivity contribution in [1.82, 2.24) is 4.98 Å². The number of alkyl halides is 3. The summed E-state index contributed by atoms with van der Waals surface area (Å²) in [5.74, 6) is 0. The van der Waals surface area contributed by atoms with E-state index in [2.05, 4.69) is 10.3 Å². The lowest BCUT2D eigenvalue weighted by Crippen LogP contribution is -2.06. The molecule has 0 radical (unpaired) electrons. The maximum Gasteiger partial charge on any atom is 0.417 e. The zero-order valence-corrected chi connectivity index (χ0v) is 16.2. The van der Waals surface area contributed by atoms with E-state index in [1.807, 2.05) is 18.2 Å². The number of anilines is 1. The summed E-state index contributed by atoms with van der Waals surface area (Å²) < 4.78 is 38.9. The maximum atomic E-state index is 13.0. The largest absolute Gasteiger partial charge is 0.417 e. The molecule has 0 saturated heterocycles. The van der Waals surface area contributed by atoms with Crippen LogP contribution in [0.2, 0.25) is 10.0 Å². The second-order valence-electron chi connectivity index (χ2n) is 5.55. The van der Waals surface area contributed by atoms with E-state index < -0.39 is 16.8 Å². The number of hydrogen-bond acceptors (Lipinski definition) is 4. The van der Waals surface area contributed by atoms with E-state index in [-0.39, 0.29) is 11.3 Å². The van der Waals surface area contributed by atoms with Crippen molar-refractivity contribution >= 4 is 45.8 Å². The first-order valence-electron chi connectivity index (χ1n) is 7.73. The maximum absolute atomic E-state index is 13.0. The second-order valence-corrected chi connectivity index (χ2v) is 7.25. The number of halogens is 5. The molecule has 3 nitrogen and oxygen atoms in total. The van der Waals surface area contributed by atoms with Gasteiger partial charge in [0.25, 0.3) is 0 Å². The summed E-state index contributed by atoms with van der Waals surface area (Å²) in [5.41, 5.74) is 0.895. The summed E-state index contributed by atoms with van der Waals surface area (Å²) >= 11 is 12.7. The summed E-state index contributed by atoms with van der Waals surface area (Å²) in [6, 6.07) is 12.5. The Morgan fingerprint density at radius 1 is 1.14 bits per heavy atom. The zero-order chi connectivity index (χ0) is 20.3. The molecule has 142 valence electrons. The Morgan fingerprint density at radius 2 is 1.86 bits per heavy atom. The molecular weight excluding hydrogens is 430 g/mol. The van der Waals surface area contributed by atoms with Crippen molar-refractivity contribution in [1.29, 1.82) is 5.26 Å². The minimum atomic E-state index is -4.57. The molecule has 1 heterocycles. The first kappa shape index (κ1) is 20.2. The number of thiazole rings is 1. The highest BCUT2D eigenvalue weighted by molar-refractivity contribution is 7.11. The van der Waals surface area contributed by atoms with E-state index >= 15 is 0 Å². The number of nitriles is 1. The molecule has 2 aromatic carbocycles. The summed E-state index contributed by atoms with van der Waals surface area (Å²) in [6.45, 7) is 0. The van der Waals surface area contributed by atoms with Crippen molar-refractivity contribution < 1.29 is 13.2 Å². The van der Waals surface area contributed by atoms with Gasteiger partial charge in [-0.2, -0.15) is 18.4 Å². The average Bonchev–Trinajstić information content (AvgIpc) is 3.13. The number of allylic oxidation sites excluding steroid dienone is 1. The van der Waals surface area contributed by atoms with Crippen LogP contribution >= 0.6 is 34.5 Å². The summed E-state index contributed by atoms with van der Waals surface area (Å²) in [6.07, 6.45) is -3.26. The third-order valence-corrected chi connectivity index (χ3v) is 5.11. The third-order valence-electron chi connectivity index (χ3n) is 3.65. The quantitative estimate of drug-likeness (QED) is 0.440. The predicted octanol–water partition coefficient (Wildman–Crippen LogP) is 7.11. The summed E-state index contributed by atoms with van der Waals surface area (Å²) in [5, 5.41) is 14.5. The molecule has 1 N–H and O–H groups in total. The first-order valence-corrected chi connectivity index (χ1v) is 9.37. The van der Waals surface area contributed by atoms with E-state index in [0.717, 1.165) is 17.7 Å². The van der Waals surface area contributed by atoms with Crippen LogP contribution in [-0.4, -0.2) is 4.98 Å². The summed E-state index contributed by atoms with van der Waals surface area (Å²) in [7, 11) is 0. The van der Waals surface area contributed by atoms with Crippen LogP contribution in [0, 0.1) is 11.3 Å². The molecule has 0 spiro atoms. The Balaban J connectivity index is 1.84. The molecular formula is C19H10Cl2F3N3S. The fourth-order valence-electron chi connectivity index (χ4n) is 2.28. The number of nitrogens with zero attached hydrogens (tertiary/aromatic N) is 2. The Bertz CT molecular complexity index is 1070. The number of hydrogen-bond donors (Lipinski definition) is 1. The van der Waals surface area contributed by atoms with Gasteiger partial charge >= 0.3 is 6.18 Å². The molecule has 0 fully saturated rings. The molecule has 0 bridgehead atoms. The molecule has 1 aromatic heterocycles. The van der Waals surface area contributed by atoms with Gasteiger partial charge in [0, 0.05) is 27.9 Å². The van der Waals surface area contributed by atoms with Gasteiger partial charge in [-0.1, -0.05) is 35.3 Å². The molecule has 0 unspecified atom stereocenters. The lowest BCUT2D eigenvalue weighted by Gasteiger charge is -2.10. The highest BCUT2D eigenvalue weighted by Crippen LogP contribution is 2.36. The molecule has 0 amide bonds. The highest BCUT2D eigenvalue weighted by Gasteiger charge is 2.33. The van der Waals surface area contributed by atoms with Gasteiger partial charge in [0.15, 0.2) is 0 Å². The van der Waals surface area contributed by atoms with E-state index in [1.165, 1.54) is 23.6 Å². The summed E-state index contributed by atoms with van der Waals surface area (Å²) in [4.78, 5) is 4.41. The van der Waals surface area contributed by atoms with Crippen LogP contribution in [0.5, 0.6) is 0 Å². The second kappa shape index (κ2) is 8.23. The van der Waals surface area contributed by atoms with E-state index in [4.69, 9.17) is 23.2 Å². The van der Waals surface area contributed by atoms with Crippen LogP contribution in [0.25, 0.3) is 16.8 Å². The predicted molar refractivity (Wildman–Crippen MR) is 106 cm³/mol. The average molecular weight is 440 g/mol. The van der Waals surface area contributed by atoms with Gasteiger partial charge in [-0.05, 0) is 30.3 Å². The Labute approximate surface area is 172 Å². The van der Waals surface area contributed by atoms with E-state index in [9.17, 15) is 18.4 Å². The first-order chi connectivity index (χ1) is 13.3. The van der Waals surface area contributed by atoms with Crippen molar-refractivity contribution in [3.05, 3.63) is 74.7 Å². The standard InChI is InChI=1S/C19H10Cl2F3N3S/c20-13-3-1-11(2-4-13)17-10-28-18(27-17)12(8-25)9-26-14-5-6-16(21)15(7-14)19(22,23)24/h1-7,9-10,26H/b12-9-. The molecule has 0 aliphatic rings. The van der Waals surface area contributed by atoms with Gasteiger partial charge in [-0.15, -0.1) is 11.3 Å². The minimum absolute atomic E-state index is 0.152. The van der Waals surface area contributed by atoms with Crippen molar-refractivity contribution in [2.24, 2.45) is 0 Å². The highest BCUT2D eigenvalue weighted by atomic mass is 35.5. The fourth-order valence-corrected chi connectivity index (χ4v) is 3.43. The van der Waals surface area contributed by atoms with Crippen LogP contribution in [0.1, 0.15) is 10.6 Å². The monoisotopic (exact) mass is 439 g/mol. The minimum Gasteiger partial charge on any atom is -0.360 e. The molecule has 28 heavy (non-hydrogen) atoms. The lowest BCUT2D eigenvalue weighted by molar-refractivity contribution is -0.137. The fraction of sp³-hybridized carbons (Fsp3) is 0.0526. The molecule has 0 aliphatic carbocycles. The normalized spacial score (nSPS) is 11.9. The Kier molecular flexibility index (Phi) is 5.94. The van der Waals surface area contributed by atoms with Crippen molar-refractivity contribution in [2.45, 2.75) is 6.18 Å². The molecule has 3 rings (SSSR count). The molecule has 0 atom stereocenters. The van der Waals surface area contributed by atoms with Gasteiger partial charge < -0.3 is 5.32 Å². The molecule has 9 heteroatoms. The van der Waals surface area contributed by atoms with Crippen LogP contribution in [-0.2, 0) is 6.18 Å². The number of nitrogens with one attached hydrogen (secondary N) is 1. The molecule has 0 saturated carbocycles. The Hall–Kier alpha value is -2.53. The van der Waals surface area contributed by atoms with Crippen LogP contribution < -0.4 is 5.32 Å². The third kappa shape index (κ3) is 4.65. The van der Waals surface area contributed by atoms with Crippen LogP contribution in [0.4, 0.5) is 18.9 Å². The van der Waals surface area contributed by atoms with Crippen molar-refractivity contribution in [2.75, 3.05) is 5.32 Å². The smallest absolute Gasteiger partial charge is 0.360 e. The van der Waals surface area contributed by atoms with Gasteiger partial charge in [-0.25, -0.2) is 4.98 Å². The van der Waals surface area contributed by atoms with Crippen LogP contribution in [0.15, 0.2) is 54.0 Å². The molecule has 0 aliphatic heterocycles. The topological polar surface area (TPSA) is 48.7 Å². The van der Waals surface area contributed by atoms with Crippen molar-refractivity contribution in [3.8, 4) is 17.3 Å². The lowest BCUT2D eigenvalue weighted by atomic mass is 10.2. The van der Waals surface area contributed by atoms with Gasteiger partial charge in [-0.3, -0.25) is 0 Å². The van der Waals surface area contributed by atoms with Gasteiger partial charge in [0.05, 0.1) is 16.3 Å². The number of aromatic nitrogens is 1. The molecule has 3 aromatic rings. The van der Waals surface area contributed by atoms with E-state index in [0.29, 0.717) is 15.7 Å². The number of rotatable bonds is 4. The van der Waals surface area contributed by atoms with Crippen LogP contribution in [0.3, 0.4) is 0 Å². The number of benzene rings is 2.